The van der Waals surface area contributed by atoms with Gasteiger partial charge in [-0.15, -0.1) is 0 Å². The fourth-order valence-corrected chi connectivity index (χ4v) is 7.75. The van der Waals surface area contributed by atoms with Crippen molar-refractivity contribution in [1.29, 1.82) is 0 Å². The second-order valence-electron chi connectivity index (χ2n) is 15.7. The van der Waals surface area contributed by atoms with E-state index in [0.717, 1.165) is 70.6 Å². The van der Waals surface area contributed by atoms with Crippen molar-refractivity contribution in [2.45, 2.75) is 223 Å². The highest BCUT2D eigenvalue weighted by Gasteiger charge is 2.51. The molecular weight excluding hydrogens is 753 g/mol. The quantitative estimate of drug-likeness (QED) is 0.0187. The van der Waals surface area contributed by atoms with Crippen LogP contribution in [0.2, 0.25) is 0 Å². The second-order valence-corrected chi connectivity index (χ2v) is 17.1. The van der Waals surface area contributed by atoms with Gasteiger partial charge in [0.2, 0.25) is 5.91 Å². The Morgan fingerprint density at radius 3 is 1.58 bits per heavy atom. The molecule has 1 fully saturated rings. The number of hydrogen-bond acceptors (Lipinski definition) is 11. The van der Waals surface area contributed by atoms with E-state index < -0.39 is 75.2 Å². The first-order valence-electron chi connectivity index (χ1n) is 22.0. The lowest BCUT2D eigenvalue weighted by Crippen LogP contribution is -2.64. The number of aliphatic hydroxyl groups is 7. The third-order valence-corrected chi connectivity index (χ3v) is 11.4. The molecule has 57 heavy (non-hydrogen) atoms. The van der Waals surface area contributed by atoms with Crippen LogP contribution in [-0.4, -0.2) is 108 Å². The van der Waals surface area contributed by atoms with Crippen molar-refractivity contribution in [3.8, 4) is 0 Å². The maximum Gasteiger partial charge on any atom is 0.472 e. The van der Waals surface area contributed by atoms with Crippen molar-refractivity contribution >= 4 is 13.7 Å². The summed E-state index contributed by atoms with van der Waals surface area (Å²) in [4.78, 5) is 23.3. The molecule has 0 aromatic rings. The number of unbranched alkanes of at least 4 members (excludes halogenated alkanes) is 18. The molecule has 0 aromatic heterocycles. The van der Waals surface area contributed by atoms with Gasteiger partial charge in [0, 0.05) is 0 Å². The van der Waals surface area contributed by atoms with Gasteiger partial charge in [0.1, 0.15) is 36.6 Å². The molecule has 14 heteroatoms. The summed E-state index contributed by atoms with van der Waals surface area (Å²) in [6, 6.07) is -1.26. The Bertz CT molecular complexity index is 1120. The van der Waals surface area contributed by atoms with Gasteiger partial charge in [-0.2, -0.15) is 0 Å². The second kappa shape index (κ2) is 33.3. The van der Waals surface area contributed by atoms with E-state index in [-0.39, 0.29) is 6.42 Å². The van der Waals surface area contributed by atoms with Gasteiger partial charge < -0.3 is 46.0 Å². The fraction of sp³-hybridized carbons (Fsp3) is 0.837. The number of carbonyl (C=O) groups is 1. The van der Waals surface area contributed by atoms with Crippen molar-refractivity contribution in [3.63, 3.8) is 0 Å². The van der Waals surface area contributed by atoms with E-state index in [4.69, 9.17) is 9.05 Å². The molecule has 0 radical (unpaired) electrons. The van der Waals surface area contributed by atoms with E-state index in [1.807, 2.05) is 6.08 Å². The summed E-state index contributed by atoms with van der Waals surface area (Å²) in [5.41, 5.74) is 0. The zero-order valence-electron chi connectivity index (χ0n) is 35.0. The van der Waals surface area contributed by atoms with Gasteiger partial charge in [-0.05, 0) is 57.8 Å². The largest absolute Gasteiger partial charge is 0.472 e. The molecule has 0 spiro atoms. The summed E-state index contributed by atoms with van der Waals surface area (Å²) >= 11 is 0. The number of hydrogen-bond donors (Lipinski definition) is 9. The number of phosphoric ester groups is 1. The van der Waals surface area contributed by atoms with Crippen molar-refractivity contribution < 1.29 is 59.0 Å². The highest BCUT2D eigenvalue weighted by Crippen LogP contribution is 2.47. The fourth-order valence-electron chi connectivity index (χ4n) is 6.78. The molecule has 1 saturated carbocycles. The van der Waals surface area contributed by atoms with E-state index >= 15 is 0 Å². The van der Waals surface area contributed by atoms with E-state index in [1.54, 1.807) is 6.08 Å². The number of nitrogens with one attached hydrogen (secondary N) is 1. The maximum absolute atomic E-state index is 12.9. The van der Waals surface area contributed by atoms with Crippen LogP contribution in [0.3, 0.4) is 0 Å². The predicted molar refractivity (Wildman–Crippen MR) is 224 cm³/mol. The Balaban J connectivity index is 2.51. The first-order chi connectivity index (χ1) is 27.3. The summed E-state index contributed by atoms with van der Waals surface area (Å²) in [5, 5.41) is 74.1. The molecule has 1 amide bonds. The number of phosphoric acid groups is 1. The molecule has 9 N–H and O–H groups in total. The van der Waals surface area contributed by atoms with Gasteiger partial charge in [0.25, 0.3) is 0 Å². The van der Waals surface area contributed by atoms with Gasteiger partial charge in [0.15, 0.2) is 0 Å². The monoisotopic (exact) mass is 834 g/mol. The highest BCUT2D eigenvalue weighted by molar-refractivity contribution is 7.47. The Labute approximate surface area is 343 Å². The number of carbonyl (C=O) groups excluding carboxylic acids is 1. The number of allylic oxidation sites excluding steroid dienone is 5. The van der Waals surface area contributed by atoms with Crippen LogP contribution < -0.4 is 5.32 Å². The lowest BCUT2D eigenvalue weighted by Gasteiger charge is -2.41. The molecule has 0 heterocycles. The molecule has 8 unspecified atom stereocenters. The van der Waals surface area contributed by atoms with Crippen LogP contribution in [0.1, 0.15) is 168 Å². The predicted octanol–water partition coefficient (Wildman–Crippen LogP) is 6.58. The average molecular weight is 834 g/mol. The van der Waals surface area contributed by atoms with Crippen LogP contribution in [0.15, 0.2) is 36.5 Å². The lowest BCUT2D eigenvalue weighted by atomic mass is 9.85. The number of aliphatic hydroxyl groups excluding tert-OH is 7. The Hall–Kier alpha value is -1.48. The molecule has 8 atom stereocenters. The average Bonchev–Trinajstić information content (AvgIpc) is 3.18. The topological polar surface area (TPSA) is 226 Å². The van der Waals surface area contributed by atoms with Crippen molar-refractivity contribution in [1.82, 2.24) is 5.32 Å². The smallest absolute Gasteiger partial charge is 0.393 e. The Morgan fingerprint density at radius 2 is 1.04 bits per heavy atom. The molecule has 0 saturated heterocycles. The van der Waals surface area contributed by atoms with Gasteiger partial charge in [-0.3, -0.25) is 13.8 Å². The standard InChI is InChI=1S/C43H80NO12P/c1-3-5-7-9-11-13-14-15-16-17-18-19-20-21-23-24-26-28-30-34(45)32-37(47)44-35(36(46)31-29-27-25-22-12-10-8-6-4-2)33-55-57(53,54)56-43-41(51)39(49)38(48)40(50)42(43)52/h12,18-19,22,29,31,34-36,38-43,45-46,48-52H,3-11,13-17,20-21,23-28,30,32-33H2,1-2H3,(H,44,47)(H,53,54)/b19-18-,22-12+,31-29+. The zero-order valence-corrected chi connectivity index (χ0v) is 35.9. The molecule has 0 aliphatic heterocycles. The molecule has 13 nitrogen and oxygen atoms in total. The third-order valence-electron chi connectivity index (χ3n) is 10.4. The lowest BCUT2D eigenvalue weighted by molar-refractivity contribution is -0.220. The highest BCUT2D eigenvalue weighted by atomic mass is 31.2. The molecular formula is C43H80NO12P. The van der Waals surface area contributed by atoms with E-state index in [1.165, 1.54) is 70.3 Å². The summed E-state index contributed by atoms with van der Waals surface area (Å²) in [6.45, 7) is 3.64. The molecule has 1 aliphatic rings. The van der Waals surface area contributed by atoms with Gasteiger partial charge in [-0.25, -0.2) is 4.57 Å². The molecule has 0 bridgehead atoms. The van der Waals surface area contributed by atoms with Crippen LogP contribution in [-0.2, 0) is 18.4 Å². The summed E-state index contributed by atoms with van der Waals surface area (Å²) in [5.74, 6) is -0.611. The minimum Gasteiger partial charge on any atom is -0.393 e. The Kier molecular flexibility index (Phi) is 31.2. The van der Waals surface area contributed by atoms with Crippen molar-refractivity contribution in [2.75, 3.05) is 6.61 Å². The number of amides is 1. The van der Waals surface area contributed by atoms with Crippen molar-refractivity contribution in [3.05, 3.63) is 36.5 Å². The van der Waals surface area contributed by atoms with Gasteiger partial charge in [0.05, 0.1) is 31.3 Å². The van der Waals surface area contributed by atoms with Crippen LogP contribution in [0.25, 0.3) is 0 Å². The summed E-state index contributed by atoms with van der Waals surface area (Å²) < 4.78 is 22.7. The number of rotatable bonds is 35. The minimum atomic E-state index is -5.14. The third kappa shape index (κ3) is 25.7. The van der Waals surface area contributed by atoms with Gasteiger partial charge in [-0.1, -0.05) is 140 Å². The minimum absolute atomic E-state index is 0.259. The van der Waals surface area contributed by atoms with Crippen LogP contribution in [0.4, 0.5) is 0 Å². The van der Waals surface area contributed by atoms with Crippen molar-refractivity contribution in [2.24, 2.45) is 0 Å². The Morgan fingerprint density at radius 1 is 0.614 bits per heavy atom. The molecule has 0 aromatic carbocycles. The molecule has 334 valence electrons. The summed E-state index contributed by atoms with van der Waals surface area (Å²) in [6.07, 6.45) is 22.7. The SMILES string of the molecule is CCCCC/C=C/CC/C=C/C(O)C(COP(=O)(O)OC1C(O)C(O)C(O)C(O)C1O)NC(=O)CC(O)CCCCCCC/C=C\CCCCCCCCCCC. The maximum atomic E-state index is 12.9. The molecule has 1 aliphatic carbocycles. The zero-order chi connectivity index (χ0) is 42.3. The van der Waals surface area contributed by atoms with E-state index in [9.17, 15) is 50.0 Å². The molecule has 1 rings (SSSR count). The van der Waals surface area contributed by atoms with Crippen LogP contribution >= 0.6 is 7.82 Å². The van der Waals surface area contributed by atoms with Crippen LogP contribution in [0.5, 0.6) is 0 Å². The van der Waals surface area contributed by atoms with Gasteiger partial charge >= 0.3 is 7.82 Å². The van der Waals surface area contributed by atoms with E-state index in [2.05, 4.69) is 37.4 Å². The normalized spacial score (nSPS) is 24.3. The summed E-state index contributed by atoms with van der Waals surface area (Å²) in [7, 11) is -5.14. The van der Waals surface area contributed by atoms with Crippen LogP contribution in [0, 0.1) is 0 Å². The first kappa shape index (κ1) is 53.5. The van der Waals surface area contributed by atoms with E-state index in [0.29, 0.717) is 12.8 Å². The first-order valence-corrected chi connectivity index (χ1v) is 23.5.